The molecule has 2 heterocycles. The number of thiophene rings is 1. The van der Waals surface area contributed by atoms with Crippen LogP contribution in [-0.4, -0.2) is 30.5 Å². The van der Waals surface area contributed by atoms with Crippen LogP contribution >= 0.6 is 11.3 Å². The molecule has 6 heteroatoms. The van der Waals surface area contributed by atoms with Gasteiger partial charge in [-0.15, -0.1) is 11.3 Å². The molecule has 2 rings (SSSR count). The summed E-state index contributed by atoms with van der Waals surface area (Å²) in [6, 6.07) is 3.84. The molecular formula is C18H28BFO3S. The fourth-order valence-electron chi connectivity index (χ4n) is 2.36. The van der Waals surface area contributed by atoms with Gasteiger partial charge in [0.05, 0.1) is 23.4 Å². The molecular weight excluding hydrogens is 326 g/mol. The van der Waals surface area contributed by atoms with Gasteiger partial charge in [0.1, 0.15) is 5.73 Å². The molecule has 0 N–H and O–H groups in total. The molecule has 1 aromatic rings. The molecule has 0 aromatic carbocycles. The van der Waals surface area contributed by atoms with E-state index in [-0.39, 0.29) is 11.3 Å². The van der Waals surface area contributed by atoms with Gasteiger partial charge in [0.25, 0.3) is 0 Å². The molecule has 0 unspecified atom stereocenters. The zero-order valence-electron chi connectivity index (χ0n) is 15.7. The van der Waals surface area contributed by atoms with Crippen LogP contribution in [0.3, 0.4) is 0 Å². The zero-order valence-corrected chi connectivity index (χ0v) is 16.6. The van der Waals surface area contributed by atoms with Gasteiger partial charge in [-0.3, -0.25) is 0 Å². The first-order valence-electron chi connectivity index (χ1n) is 8.35. The van der Waals surface area contributed by atoms with Crippen molar-refractivity contribution in [3.8, 4) is 0 Å². The molecule has 0 radical (unpaired) electrons. The normalized spacial score (nSPS) is 21.1. The zero-order chi connectivity index (χ0) is 18.2. The Bertz CT molecular complexity index is 572. The molecule has 1 aromatic heterocycles. The first-order chi connectivity index (χ1) is 10.9. The molecule has 3 nitrogen and oxygen atoms in total. The first kappa shape index (κ1) is 19.6. The van der Waals surface area contributed by atoms with Crippen LogP contribution in [0.1, 0.15) is 59.8 Å². The van der Waals surface area contributed by atoms with E-state index < -0.39 is 18.3 Å². The highest BCUT2D eigenvalue weighted by Crippen LogP contribution is 2.41. The van der Waals surface area contributed by atoms with E-state index in [1.807, 2.05) is 66.0 Å². The summed E-state index contributed by atoms with van der Waals surface area (Å²) in [5.41, 5.74) is -1.11. The number of hydrogen-bond acceptors (Lipinski definition) is 4. The largest absolute Gasteiger partial charge is 0.525 e. The maximum absolute atomic E-state index is 15.2. The van der Waals surface area contributed by atoms with Gasteiger partial charge < -0.3 is 14.0 Å². The van der Waals surface area contributed by atoms with Crippen molar-refractivity contribution in [1.82, 2.24) is 0 Å². The van der Waals surface area contributed by atoms with Crippen LogP contribution in [0, 0.1) is 0 Å². The predicted molar refractivity (Wildman–Crippen MR) is 98.8 cm³/mol. The number of ether oxygens (including phenoxy) is 1. The quantitative estimate of drug-likeness (QED) is 0.675. The average Bonchev–Trinajstić information content (AvgIpc) is 3.00. The summed E-state index contributed by atoms with van der Waals surface area (Å²) in [5.74, 6) is 0. The second kappa shape index (κ2) is 6.91. The van der Waals surface area contributed by atoms with Gasteiger partial charge in [-0.2, -0.15) is 0 Å². The van der Waals surface area contributed by atoms with Gasteiger partial charge in [-0.25, -0.2) is 4.39 Å². The Morgan fingerprint density at radius 3 is 2.25 bits per heavy atom. The molecule has 0 saturated carbocycles. The highest BCUT2D eigenvalue weighted by Gasteiger charge is 2.53. The Morgan fingerprint density at radius 2 is 1.79 bits per heavy atom. The smallest absolute Gasteiger partial charge is 0.398 e. The number of rotatable bonds is 5. The van der Waals surface area contributed by atoms with E-state index >= 15 is 4.39 Å². The topological polar surface area (TPSA) is 27.7 Å². The highest BCUT2D eigenvalue weighted by atomic mass is 32.1. The van der Waals surface area contributed by atoms with E-state index in [9.17, 15) is 0 Å². The van der Waals surface area contributed by atoms with Crippen molar-refractivity contribution in [3.63, 3.8) is 0 Å². The predicted octanol–water partition coefficient (Wildman–Crippen LogP) is 5.27. The lowest BCUT2D eigenvalue weighted by Gasteiger charge is -2.32. The Morgan fingerprint density at radius 1 is 1.21 bits per heavy atom. The van der Waals surface area contributed by atoms with Gasteiger partial charge in [0.15, 0.2) is 0 Å². The molecule has 0 bridgehead atoms. The molecule has 0 atom stereocenters. The van der Waals surface area contributed by atoms with Gasteiger partial charge in [-0.1, -0.05) is 6.07 Å². The molecule has 0 spiro atoms. The van der Waals surface area contributed by atoms with Gasteiger partial charge in [0.2, 0.25) is 0 Å². The summed E-state index contributed by atoms with van der Waals surface area (Å²) in [4.78, 5) is 0.889. The molecule has 1 saturated heterocycles. The van der Waals surface area contributed by atoms with Crippen LogP contribution in [0.5, 0.6) is 0 Å². The van der Waals surface area contributed by atoms with Crippen molar-refractivity contribution >= 4 is 24.0 Å². The van der Waals surface area contributed by atoms with Gasteiger partial charge in [0, 0.05) is 4.88 Å². The van der Waals surface area contributed by atoms with E-state index in [1.54, 1.807) is 0 Å². The third-order valence-electron chi connectivity index (χ3n) is 4.45. The van der Waals surface area contributed by atoms with Gasteiger partial charge in [-0.05, 0) is 71.9 Å². The van der Waals surface area contributed by atoms with Crippen LogP contribution in [0.25, 0.3) is 5.57 Å². The Hall–Kier alpha value is -0.685. The molecule has 24 heavy (non-hydrogen) atoms. The Kier molecular flexibility index (Phi) is 5.65. The summed E-state index contributed by atoms with van der Waals surface area (Å²) < 4.78 is 32.7. The minimum atomic E-state index is -0.971. The van der Waals surface area contributed by atoms with Crippen molar-refractivity contribution in [2.45, 2.75) is 71.7 Å². The van der Waals surface area contributed by atoms with E-state index in [0.29, 0.717) is 18.6 Å². The number of hydrogen-bond donors (Lipinski definition) is 0. The van der Waals surface area contributed by atoms with Crippen LogP contribution in [0.2, 0.25) is 0 Å². The molecule has 1 aliphatic heterocycles. The SMILES string of the molecule is CC(C)(C)OCCC(=C(F)B1OC(C)(C)C(C)(C)O1)c1cccs1. The van der Waals surface area contributed by atoms with E-state index in [1.165, 1.54) is 11.3 Å². The van der Waals surface area contributed by atoms with E-state index in [2.05, 4.69) is 0 Å². The van der Waals surface area contributed by atoms with Crippen LogP contribution < -0.4 is 0 Å². The fraction of sp³-hybridized carbons (Fsp3) is 0.667. The highest BCUT2D eigenvalue weighted by molar-refractivity contribution is 7.11. The van der Waals surface area contributed by atoms with E-state index in [4.69, 9.17) is 14.0 Å². The van der Waals surface area contributed by atoms with Crippen molar-refractivity contribution in [2.75, 3.05) is 6.61 Å². The summed E-state index contributed by atoms with van der Waals surface area (Å²) in [6.07, 6.45) is 0.480. The first-order valence-corrected chi connectivity index (χ1v) is 9.23. The lowest BCUT2D eigenvalue weighted by Crippen LogP contribution is -2.41. The second-order valence-corrected chi connectivity index (χ2v) is 9.05. The van der Waals surface area contributed by atoms with Crippen LogP contribution in [-0.2, 0) is 14.0 Å². The van der Waals surface area contributed by atoms with Crippen molar-refractivity contribution in [1.29, 1.82) is 0 Å². The average molecular weight is 354 g/mol. The summed E-state index contributed by atoms with van der Waals surface area (Å²) in [7, 11) is -0.971. The van der Waals surface area contributed by atoms with Gasteiger partial charge >= 0.3 is 7.12 Å². The van der Waals surface area contributed by atoms with Crippen molar-refractivity contribution in [3.05, 3.63) is 28.1 Å². The molecule has 0 amide bonds. The molecule has 1 fully saturated rings. The molecule has 134 valence electrons. The molecule has 0 aliphatic carbocycles. The minimum absolute atomic E-state index is 0.249. The monoisotopic (exact) mass is 354 g/mol. The second-order valence-electron chi connectivity index (χ2n) is 8.10. The lowest BCUT2D eigenvalue weighted by molar-refractivity contribution is 0.000582. The number of halogens is 1. The van der Waals surface area contributed by atoms with Crippen molar-refractivity contribution in [2.24, 2.45) is 0 Å². The standard InChI is InChI=1S/C18H28BFO3S/c1-16(2,3)21-11-10-13(14-9-8-12-24-14)15(20)19-22-17(4,5)18(6,7)23-19/h8-9,12H,10-11H2,1-7H3. The maximum atomic E-state index is 15.2. The van der Waals surface area contributed by atoms with E-state index in [0.717, 1.165) is 4.88 Å². The Labute approximate surface area is 149 Å². The third-order valence-corrected chi connectivity index (χ3v) is 5.38. The summed E-state index contributed by atoms with van der Waals surface area (Å²) in [5, 5.41) is 1.94. The summed E-state index contributed by atoms with van der Waals surface area (Å²) in [6.45, 7) is 14.1. The molecule has 1 aliphatic rings. The van der Waals surface area contributed by atoms with Crippen LogP contribution in [0.15, 0.2) is 23.2 Å². The minimum Gasteiger partial charge on any atom is -0.398 e. The third kappa shape index (κ3) is 4.48. The van der Waals surface area contributed by atoms with Crippen LogP contribution in [0.4, 0.5) is 4.39 Å². The summed E-state index contributed by atoms with van der Waals surface area (Å²) >= 11 is 1.51. The maximum Gasteiger partial charge on any atom is 0.525 e. The fourth-order valence-corrected chi connectivity index (χ4v) is 3.16. The Balaban J connectivity index is 2.24. The van der Waals surface area contributed by atoms with Crippen molar-refractivity contribution < 1.29 is 18.4 Å². The lowest BCUT2D eigenvalue weighted by atomic mass is 9.83.